The molecule has 0 aromatic carbocycles. The van der Waals surface area contributed by atoms with E-state index in [-0.39, 0.29) is 30.4 Å². The molecule has 0 N–H and O–H groups in total. The van der Waals surface area contributed by atoms with Crippen LogP contribution in [0.15, 0.2) is 16.3 Å². The minimum atomic E-state index is -3.54. The number of sulfonamides is 2. The number of halogens is 1. The predicted octanol–water partition coefficient (Wildman–Crippen LogP) is 0.795. The summed E-state index contributed by atoms with van der Waals surface area (Å²) in [4.78, 5) is 0.929. The smallest absolute Gasteiger partial charge is 0.213 e. The van der Waals surface area contributed by atoms with E-state index in [4.69, 9.17) is 11.6 Å². The van der Waals surface area contributed by atoms with Gasteiger partial charge in [0.25, 0.3) is 10.0 Å². The quantitative estimate of drug-likeness (QED) is 0.716. The maximum Gasteiger partial charge on any atom is 0.252 e. The van der Waals surface area contributed by atoms with Gasteiger partial charge >= 0.3 is 0 Å². The van der Waals surface area contributed by atoms with Gasteiger partial charge in [-0.25, -0.2) is 16.8 Å². The van der Waals surface area contributed by atoms with Crippen LogP contribution in [-0.4, -0.2) is 63.8 Å². The van der Waals surface area contributed by atoms with Gasteiger partial charge in [0.2, 0.25) is 10.0 Å². The van der Waals surface area contributed by atoms with Crippen LogP contribution in [0, 0.1) is 0 Å². The standard InChI is InChI=1S/C11H17ClN2O4S3/c1-20(15,16)13-6-8-14(9-7-13)21(17,18)11-3-2-10(19-11)4-5-12/h2-3H,4-9H2,1H3. The first-order valence-corrected chi connectivity index (χ1v) is 11.0. The van der Waals surface area contributed by atoms with E-state index in [1.54, 1.807) is 12.1 Å². The Labute approximate surface area is 134 Å². The molecule has 1 saturated heterocycles. The number of rotatable bonds is 5. The summed E-state index contributed by atoms with van der Waals surface area (Å²) in [5, 5.41) is 0. The first-order chi connectivity index (χ1) is 9.75. The van der Waals surface area contributed by atoms with Crippen LogP contribution in [0.2, 0.25) is 0 Å². The summed E-state index contributed by atoms with van der Waals surface area (Å²) in [6, 6.07) is 3.36. The normalized spacial score (nSPS) is 19.0. The number of aryl methyl sites for hydroxylation is 1. The molecule has 1 fully saturated rings. The lowest BCUT2D eigenvalue weighted by Crippen LogP contribution is -2.50. The van der Waals surface area contributed by atoms with Crippen molar-refractivity contribution in [1.82, 2.24) is 8.61 Å². The second-order valence-electron chi connectivity index (χ2n) is 4.73. The number of nitrogens with zero attached hydrogens (tertiary/aromatic N) is 2. The Balaban J connectivity index is 2.11. The van der Waals surface area contributed by atoms with Crippen LogP contribution < -0.4 is 0 Å². The molecule has 1 aromatic heterocycles. The van der Waals surface area contributed by atoms with Crippen LogP contribution in [-0.2, 0) is 26.5 Å². The van der Waals surface area contributed by atoms with Gasteiger partial charge in [-0.1, -0.05) is 0 Å². The molecule has 2 rings (SSSR count). The van der Waals surface area contributed by atoms with E-state index in [1.807, 2.05) is 0 Å². The molecule has 0 unspecified atom stereocenters. The van der Waals surface area contributed by atoms with Crippen molar-refractivity contribution in [1.29, 1.82) is 0 Å². The lowest BCUT2D eigenvalue weighted by molar-refractivity contribution is 0.274. The summed E-state index contributed by atoms with van der Waals surface area (Å²) >= 11 is 6.87. The number of piperazine rings is 1. The topological polar surface area (TPSA) is 74.8 Å². The van der Waals surface area contributed by atoms with Crippen molar-refractivity contribution in [3.63, 3.8) is 0 Å². The van der Waals surface area contributed by atoms with Crippen molar-refractivity contribution in [3.05, 3.63) is 17.0 Å². The summed E-state index contributed by atoms with van der Waals surface area (Å²) in [7, 11) is -6.80. The molecule has 0 spiro atoms. The Kier molecular flexibility index (Phi) is 5.32. The van der Waals surface area contributed by atoms with Gasteiger partial charge in [0, 0.05) is 36.9 Å². The molecule has 0 aliphatic carbocycles. The molecule has 1 aliphatic rings. The Morgan fingerprint density at radius 3 is 2.19 bits per heavy atom. The third-order valence-electron chi connectivity index (χ3n) is 3.24. The molecule has 6 nitrogen and oxygen atoms in total. The predicted molar refractivity (Wildman–Crippen MR) is 83.9 cm³/mol. The molecule has 1 aliphatic heterocycles. The molecule has 1 aromatic rings. The fourth-order valence-corrected chi connectivity index (χ4v) is 6.17. The summed E-state index contributed by atoms with van der Waals surface area (Å²) in [6.45, 7) is 0.742. The largest absolute Gasteiger partial charge is 0.252 e. The van der Waals surface area contributed by atoms with E-state index >= 15 is 0 Å². The maximum atomic E-state index is 12.5. The van der Waals surface area contributed by atoms with Crippen LogP contribution in [0.4, 0.5) is 0 Å². The van der Waals surface area contributed by atoms with Gasteiger partial charge in [0.15, 0.2) is 0 Å². The first-order valence-electron chi connectivity index (χ1n) is 6.35. The average Bonchev–Trinajstić information content (AvgIpc) is 2.88. The zero-order valence-electron chi connectivity index (χ0n) is 11.5. The molecule has 120 valence electrons. The highest BCUT2D eigenvalue weighted by atomic mass is 35.5. The van der Waals surface area contributed by atoms with E-state index in [0.717, 1.165) is 11.1 Å². The van der Waals surface area contributed by atoms with Crippen LogP contribution in [0.3, 0.4) is 0 Å². The minimum absolute atomic E-state index is 0.179. The number of hydrogen-bond acceptors (Lipinski definition) is 5. The van der Waals surface area contributed by atoms with Gasteiger partial charge in [0.05, 0.1) is 6.26 Å². The molecule has 2 heterocycles. The van der Waals surface area contributed by atoms with E-state index in [2.05, 4.69) is 0 Å². The molecule has 0 amide bonds. The van der Waals surface area contributed by atoms with E-state index < -0.39 is 20.0 Å². The number of thiophene rings is 1. The van der Waals surface area contributed by atoms with Crippen LogP contribution in [0.25, 0.3) is 0 Å². The maximum absolute atomic E-state index is 12.5. The SMILES string of the molecule is CS(=O)(=O)N1CCN(S(=O)(=O)c2ccc(CCCl)s2)CC1. The zero-order chi connectivity index (χ0) is 15.7. The third kappa shape index (κ3) is 3.96. The summed E-state index contributed by atoms with van der Waals surface area (Å²) in [5.41, 5.74) is 0. The molecule has 10 heteroatoms. The van der Waals surface area contributed by atoms with Crippen molar-refractivity contribution >= 4 is 43.0 Å². The molecule has 0 radical (unpaired) electrons. The Morgan fingerprint density at radius 2 is 1.67 bits per heavy atom. The minimum Gasteiger partial charge on any atom is -0.213 e. The molecule has 21 heavy (non-hydrogen) atoms. The van der Waals surface area contributed by atoms with Crippen molar-refractivity contribution in [2.45, 2.75) is 10.6 Å². The van der Waals surface area contributed by atoms with Crippen LogP contribution in [0.1, 0.15) is 4.88 Å². The Bertz CT molecular complexity index is 691. The number of hydrogen-bond donors (Lipinski definition) is 0. The van der Waals surface area contributed by atoms with Crippen molar-refractivity contribution in [2.24, 2.45) is 0 Å². The molecular weight excluding hydrogens is 356 g/mol. The highest BCUT2D eigenvalue weighted by Crippen LogP contribution is 2.26. The summed E-state index contributed by atoms with van der Waals surface area (Å²) in [6.07, 6.45) is 1.78. The van der Waals surface area contributed by atoms with Gasteiger partial charge in [-0.15, -0.1) is 22.9 Å². The average molecular weight is 373 g/mol. The second-order valence-corrected chi connectivity index (χ2v) is 10.4. The van der Waals surface area contributed by atoms with Gasteiger partial charge in [0.1, 0.15) is 4.21 Å². The summed E-state index contributed by atoms with van der Waals surface area (Å²) in [5.74, 6) is 0.451. The highest BCUT2D eigenvalue weighted by molar-refractivity contribution is 7.91. The Morgan fingerprint density at radius 1 is 1.10 bits per heavy atom. The third-order valence-corrected chi connectivity index (χ3v) is 8.24. The van der Waals surface area contributed by atoms with Crippen LogP contribution in [0.5, 0.6) is 0 Å². The van der Waals surface area contributed by atoms with Gasteiger partial charge in [-0.2, -0.15) is 8.61 Å². The molecular formula is C11H17ClN2O4S3. The lowest BCUT2D eigenvalue weighted by Gasteiger charge is -2.32. The van der Waals surface area contributed by atoms with E-state index in [0.29, 0.717) is 12.3 Å². The van der Waals surface area contributed by atoms with E-state index in [1.165, 1.54) is 19.9 Å². The zero-order valence-corrected chi connectivity index (χ0v) is 14.7. The van der Waals surface area contributed by atoms with Gasteiger partial charge < -0.3 is 0 Å². The highest BCUT2D eigenvalue weighted by Gasteiger charge is 2.32. The monoisotopic (exact) mass is 372 g/mol. The molecule has 0 atom stereocenters. The van der Waals surface area contributed by atoms with Gasteiger partial charge in [-0.3, -0.25) is 0 Å². The fraction of sp³-hybridized carbons (Fsp3) is 0.636. The van der Waals surface area contributed by atoms with Gasteiger partial charge in [-0.05, 0) is 18.6 Å². The fourth-order valence-electron chi connectivity index (χ4n) is 2.09. The van der Waals surface area contributed by atoms with Crippen LogP contribution >= 0.6 is 22.9 Å². The van der Waals surface area contributed by atoms with Crippen molar-refractivity contribution < 1.29 is 16.8 Å². The van der Waals surface area contributed by atoms with Crippen molar-refractivity contribution in [3.8, 4) is 0 Å². The summed E-state index contributed by atoms with van der Waals surface area (Å²) < 4.78 is 50.8. The van der Waals surface area contributed by atoms with Crippen molar-refractivity contribution in [2.75, 3.05) is 38.3 Å². The molecule has 0 bridgehead atoms. The first kappa shape index (κ1) is 17.2. The second kappa shape index (κ2) is 6.51. The van der Waals surface area contributed by atoms with E-state index in [9.17, 15) is 16.8 Å². The lowest BCUT2D eigenvalue weighted by atomic mass is 10.4. The number of alkyl halides is 1. The molecule has 0 saturated carbocycles. The Hall–Kier alpha value is -0.190.